The van der Waals surface area contributed by atoms with E-state index in [1.54, 1.807) is 4.90 Å². The van der Waals surface area contributed by atoms with Crippen molar-refractivity contribution in [2.75, 3.05) is 17.2 Å². The van der Waals surface area contributed by atoms with Crippen molar-refractivity contribution in [2.45, 2.75) is 73.3 Å². The lowest BCUT2D eigenvalue weighted by atomic mass is 9.94. The summed E-state index contributed by atoms with van der Waals surface area (Å²) in [5.41, 5.74) is 14.5. The molecule has 42 heavy (non-hydrogen) atoms. The van der Waals surface area contributed by atoms with Crippen molar-refractivity contribution >= 4 is 17.7 Å². The van der Waals surface area contributed by atoms with Crippen molar-refractivity contribution in [2.24, 2.45) is 0 Å². The van der Waals surface area contributed by atoms with E-state index >= 15 is 4.39 Å². The van der Waals surface area contributed by atoms with Crippen molar-refractivity contribution in [3.8, 4) is 16.9 Å². The Hall–Kier alpha value is -4.14. The minimum Gasteiger partial charge on any atom is -0.398 e. The molecule has 0 radical (unpaired) electrons. The number of nitrogens with one attached hydrogen (secondary N) is 1. The molecule has 222 valence electrons. The molecule has 2 aromatic heterocycles. The summed E-state index contributed by atoms with van der Waals surface area (Å²) in [6.45, 7) is 11.5. The Morgan fingerprint density at radius 1 is 1.10 bits per heavy atom. The summed E-state index contributed by atoms with van der Waals surface area (Å²) in [5.74, 6) is -3.95. The number of nitrogen functional groups attached to an aromatic ring is 1. The first-order valence-electron chi connectivity index (χ1n) is 14.5. The Morgan fingerprint density at radius 3 is 2.33 bits per heavy atom. The van der Waals surface area contributed by atoms with Crippen molar-refractivity contribution in [3.05, 3.63) is 87.5 Å². The molecule has 9 heteroatoms. The van der Waals surface area contributed by atoms with Crippen molar-refractivity contribution in [1.82, 2.24) is 14.8 Å². The standard InChI is InChI=1S/C31H33F3N6.C2H6/c1-5-19-8-7-9-20(6-2)28(19)40-29(22-11-10-18(3)27(36)23(22)15-35)24-17-39(13-12-26(24)38-40)30-25(32)14-21(16-37-30)31(4,33)34;1-2/h7-11,14-16,35H,5-6,12-13,17,36H2,1-4H3;1-2H3. The largest absolute Gasteiger partial charge is 0.398 e. The SMILES string of the molecule is CC.CCc1cccc(CC)c1-n1nc2c(c1-c1ccc(C)c(N)c1C=N)CN(c1ncc(C(C)(F)F)cc1F)CC2. The molecular formula is C33H39F3N6. The number of rotatable bonds is 7. The van der Waals surface area contributed by atoms with Crippen LogP contribution in [0.4, 0.5) is 24.7 Å². The van der Waals surface area contributed by atoms with Crippen LogP contribution in [0.5, 0.6) is 0 Å². The van der Waals surface area contributed by atoms with Gasteiger partial charge in [0.25, 0.3) is 5.92 Å². The summed E-state index contributed by atoms with van der Waals surface area (Å²) in [4.78, 5) is 5.87. The number of alkyl halides is 2. The molecule has 1 aliphatic heterocycles. The highest BCUT2D eigenvalue weighted by molar-refractivity contribution is 5.96. The molecule has 1 aliphatic rings. The van der Waals surface area contributed by atoms with Gasteiger partial charge in [-0.3, -0.25) is 0 Å². The first-order chi connectivity index (χ1) is 20.1. The van der Waals surface area contributed by atoms with E-state index in [9.17, 15) is 8.78 Å². The number of nitrogens with two attached hydrogens (primary N) is 1. The molecule has 4 aromatic rings. The van der Waals surface area contributed by atoms with Gasteiger partial charge in [0.05, 0.1) is 17.1 Å². The first kappa shape index (κ1) is 30.8. The van der Waals surface area contributed by atoms with Gasteiger partial charge in [0.2, 0.25) is 0 Å². The first-order valence-corrected chi connectivity index (χ1v) is 14.5. The lowest BCUT2D eigenvalue weighted by molar-refractivity contribution is 0.0168. The van der Waals surface area contributed by atoms with Gasteiger partial charge in [0, 0.05) is 66.8 Å². The van der Waals surface area contributed by atoms with Gasteiger partial charge in [-0.15, -0.1) is 0 Å². The normalized spacial score (nSPS) is 12.9. The Bertz CT molecular complexity index is 1580. The molecular weight excluding hydrogens is 537 g/mol. The molecule has 5 rings (SSSR count). The van der Waals surface area contributed by atoms with E-state index in [4.69, 9.17) is 16.2 Å². The fraction of sp³-hybridized carbons (Fsp3) is 0.364. The predicted octanol–water partition coefficient (Wildman–Crippen LogP) is 7.79. The fourth-order valence-corrected chi connectivity index (χ4v) is 5.49. The van der Waals surface area contributed by atoms with Crippen LogP contribution >= 0.6 is 0 Å². The maximum atomic E-state index is 15.1. The van der Waals surface area contributed by atoms with E-state index in [1.165, 1.54) is 6.21 Å². The highest BCUT2D eigenvalue weighted by Crippen LogP contribution is 2.39. The smallest absolute Gasteiger partial charge is 0.272 e. The minimum absolute atomic E-state index is 0.0243. The van der Waals surface area contributed by atoms with Crippen LogP contribution in [0.3, 0.4) is 0 Å². The van der Waals surface area contributed by atoms with Crippen molar-refractivity contribution in [3.63, 3.8) is 0 Å². The topological polar surface area (TPSA) is 83.8 Å². The summed E-state index contributed by atoms with van der Waals surface area (Å²) in [7, 11) is 0. The molecule has 0 unspecified atom stereocenters. The number of aryl methyl sites for hydroxylation is 3. The molecule has 0 fully saturated rings. The van der Waals surface area contributed by atoms with Gasteiger partial charge in [-0.1, -0.05) is 58.0 Å². The summed E-state index contributed by atoms with van der Waals surface area (Å²) in [6, 6.07) is 11.0. The van der Waals surface area contributed by atoms with Crippen LogP contribution < -0.4 is 10.6 Å². The third kappa shape index (κ3) is 5.52. The molecule has 6 nitrogen and oxygen atoms in total. The number of hydrogen-bond donors (Lipinski definition) is 2. The maximum absolute atomic E-state index is 15.1. The third-order valence-corrected chi connectivity index (χ3v) is 7.74. The van der Waals surface area contributed by atoms with Crippen LogP contribution in [0.1, 0.15) is 73.7 Å². The van der Waals surface area contributed by atoms with Crippen LogP contribution in [0.15, 0.2) is 42.6 Å². The zero-order chi connectivity index (χ0) is 30.8. The molecule has 0 spiro atoms. The summed E-state index contributed by atoms with van der Waals surface area (Å²) in [6.07, 6.45) is 4.42. The van der Waals surface area contributed by atoms with Gasteiger partial charge in [-0.05, 0) is 42.5 Å². The monoisotopic (exact) mass is 576 g/mol. The number of aromatic nitrogens is 3. The number of nitrogens with zero attached hydrogens (tertiary/aromatic N) is 4. The van der Waals surface area contributed by atoms with Crippen LogP contribution in [-0.4, -0.2) is 27.5 Å². The van der Waals surface area contributed by atoms with E-state index < -0.39 is 17.3 Å². The highest BCUT2D eigenvalue weighted by atomic mass is 19.3. The number of halogens is 3. The zero-order valence-corrected chi connectivity index (χ0v) is 25.2. The Balaban J connectivity index is 0.00000198. The maximum Gasteiger partial charge on any atom is 0.272 e. The molecule has 0 saturated carbocycles. The summed E-state index contributed by atoms with van der Waals surface area (Å²) in [5, 5.41) is 13.3. The molecule has 0 saturated heterocycles. The van der Waals surface area contributed by atoms with Crippen molar-refractivity contribution in [1.29, 1.82) is 5.41 Å². The Morgan fingerprint density at radius 2 is 1.76 bits per heavy atom. The second kappa shape index (κ2) is 12.4. The van der Waals surface area contributed by atoms with Crippen LogP contribution in [-0.2, 0) is 31.7 Å². The van der Waals surface area contributed by atoms with Gasteiger partial charge < -0.3 is 16.0 Å². The molecule has 0 atom stereocenters. The van der Waals surface area contributed by atoms with Crippen LogP contribution in [0, 0.1) is 18.2 Å². The van der Waals surface area contributed by atoms with E-state index in [0.717, 1.165) is 76.9 Å². The summed E-state index contributed by atoms with van der Waals surface area (Å²) >= 11 is 0. The lowest BCUT2D eigenvalue weighted by Gasteiger charge is -2.29. The Kier molecular flexibility index (Phi) is 9.09. The number of para-hydroxylation sites is 1. The van der Waals surface area contributed by atoms with Gasteiger partial charge in [-0.25, -0.2) is 22.8 Å². The minimum atomic E-state index is -3.19. The Labute approximate surface area is 245 Å². The van der Waals surface area contributed by atoms with E-state index in [1.807, 2.05) is 37.6 Å². The average molecular weight is 577 g/mol. The lowest BCUT2D eigenvalue weighted by Crippen LogP contribution is -2.32. The number of benzene rings is 2. The fourth-order valence-electron chi connectivity index (χ4n) is 5.49. The second-order valence-corrected chi connectivity index (χ2v) is 10.3. The molecule has 0 amide bonds. The van der Waals surface area contributed by atoms with Crippen LogP contribution in [0.2, 0.25) is 0 Å². The van der Waals surface area contributed by atoms with Gasteiger partial charge >= 0.3 is 0 Å². The predicted molar refractivity (Wildman–Crippen MR) is 165 cm³/mol. The van der Waals surface area contributed by atoms with E-state index in [2.05, 4.69) is 37.0 Å². The van der Waals surface area contributed by atoms with Gasteiger partial charge in [0.15, 0.2) is 11.6 Å². The van der Waals surface area contributed by atoms with E-state index in [-0.39, 0.29) is 12.4 Å². The van der Waals surface area contributed by atoms with Crippen LogP contribution in [0.25, 0.3) is 16.9 Å². The molecule has 2 aromatic carbocycles. The van der Waals surface area contributed by atoms with Crippen molar-refractivity contribution < 1.29 is 13.2 Å². The second-order valence-electron chi connectivity index (χ2n) is 10.3. The number of anilines is 2. The van der Waals surface area contributed by atoms with E-state index in [0.29, 0.717) is 24.2 Å². The zero-order valence-electron chi connectivity index (χ0n) is 25.2. The summed E-state index contributed by atoms with van der Waals surface area (Å²) < 4.78 is 44.7. The molecule has 3 heterocycles. The number of pyridine rings is 1. The number of hydrogen-bond acceptors (Lipinski definition) is 5. The quantitative estimate of drug-likeness (QED) is 0.174. The average Bonchev–Trinajstić information content (AvgIpc) is 3.36. The number of fused-ring (bicyclic) bond motifs is 1. The van der Waals surface area contributed by atoms with Gasteiger partial charge in [0.1, 0.15) is 0 Å². The molecule has 0 aliphatic carbocycles. The highest BCUT2D eigenvalue weighted by Gasteiger charge is 2.32. The third-order valence-electron chi connectivity index (χ3n) is 7.74. The molecule has 0 bridgehead atoms. The van der Waals surface area contributed by atoms with Gasteiger partial charge in [-0.2, -0.15) is 5.10 Å². The molecule has 3 N–H and O–H groups in total.